The molecule has 0 unspecified atom stereocenters. The van der Waals surface area contributed by atoms with Crippen molar-refractivity contribution in [1.82, 2.24) is 9.97 Å². The SMILES string of the molecule is Cc1c(NSc2cc(Cl)ccc2Cl)cccc1-c1ccc2nc(N)ncc2c1. The highest BCUT2D eigenvalue weighted by Gasteiger charge is 2.09. The van der Waals surface area contributed by atoms with Gasteiger partial charge in [0.1, 0.15) is 0 Å². The van der Waals surface area contributed by atoms with E-state index in [9.17, 15) is 0 Å². The molecule has 0 radical (unpaired) electrons. The van der Waals surface area contributed by atoms with Crippen molar-refractivity contribution in [3.63, 3.8) is 0 Å². The van der Waals surface area contributed by atoms with Gasteiger partial charge in [-0.05, 0) is 72.0 Å². The van der Waals surface area contributed by atoms with Gasteiger partial charge in [-0.1, -0.05) is 41.4 Å². The van der Waals surface area contributed by atoms with E-state index in [1.807, 2.05) is 30.3 Å². The highest BCUT2D eigenvalue weighted by molar-refractivity contribution is 8.00. The molecule has 0 spiro atoms. The first-order chi connectivity index (χ1) is 13.5. The Bertz CT molecular complexity index is 1180. The predicted octanol–water partition coefficient (Wildman–Crippen LogP) is 6.61. The van der Waals surface area contributed by atoms with Gasteiger partial charge in [-0.3, -0.25) is 0 Å². The van der Waals surface area contributed by atoms with Gasteiger partial charge in [0.25, 0.3) is 0 Å². The Morgan fingerprint density at radius 1 is 1.04 bits per heavy atom. The standard InChI is InChI=1S/C21H16Cl2N4S/c1-12-16(13-5-8-19-14(9-13)11-25-21(24)26-19)3-2-4-18(12)27-28-20-10-15(22)6-7-17(20)23/h2-11,27H,1H3,(H2,24,25,26). The Kier molecular flexibility index (Phi) is 5.31. The lowest BCUT2D eigenvalue weighted by molar-refractivity contribution is 1.24. The molecule has 4 aromatic rings. The number of benzene rings is 3. The van der Waals surface area contributed by atoms with E-state index in [2.05, 4.69) is 33.7 Å². The summed E-state index contributed by atoms with van der Waals surface area (Å²) < 4.78 is 3.38. The second kappa shape index (κ2) is 7.87. The molecule has 0 aliphatic rings. The third kappa shape index (κ3) is 3.87. The van der Waals surface area contributed by atoms with Gasteiger partial charge in [0.05, 0.1) is 10.5 Å². The lowest BCUT2D eigenvalue weighted by Crippen LogP contribution is -1.95. The molecular weight excluding hydrogens is 411 g/mol. The van der Waals surface area contributed by atoms with Crippen LogP contribution in [0.25, 0.3) is 22.0 Å². The van der Waals surface area contributed by atoms with Crippen molar-refractivity contribution in [1.29, 1.82) is 0 Å². The van der Waals surface area contributed by atoms with Crippen LogP contribution < -0.4 is 10.5 Å². The summed E-state index contributed by atoms with van der Waals surface area (Å²) in [7, 11) is 0. The van der Waals surface area contributed by atoms with Crippen molar-refractivity contribution in [2.24, 2.45) is 0 Å². The summed E-state index contributed by atoms with van der Waals surface area (Å²) in [5.41, 5.74) is 10.8. The highest BCUT2D eigenvalue weighted by Crippen LogP contribution is 2.35. The number of nitrogens with two attached hydrogens (primary N) is 1. The Balaban J connectivity index is 1.65. The zero-order valence-corrected chi connectivity index (χ0v) is 17.2. The maximum atomic E-state index is 6.26. The van der Waals surface area contributed by atoms with E-state index in [0.717, 1.165) is 38.2 Å². The molecule has 0 aliphatic carbocycles. The number of halogens is 2. The van der Waals surface area contributed by atoms with Crippen LogP contribution in [0.4, 0.5) is 11.6 Å². The predicted molar refractivity (Wildman–Crippen MR) is 120 cm³/mol. The van der Waals surface area contributed by atoms with Gasteiger partial charge in [0, 0.05) is 27.2 Å². The largest absolute Gasteiger partial charge is 0.368 e. The van der Waals surface area contributed by atoms with Gasteiger partial charge in [0.2, 0.25) is 5.95 Å². The lowest BCUT2D eigenvalue weighted by atomic mass is 9.98. The molecule has 0 aliphatic heterocycles. The van der Waals surface area contributed by atoms with Crippen molar-refractivity contribution in [2.45, 2.75) is 11.8 Å². The van der Waals surface area contributed by atoms with Crippen molar-refractivity contribution in [3.05, 3.63) is 76.4 Å². The fourth-order valence-corrected chi connectivity index (χ4v) is 4.20. The van der Waals surface area contributed by atoms with E-state index in [4.69, 9.17) is 28.9 Å². The smallest absolute Gasteiger partial charge is 0.220 e. The molecular formula is C21H16Cl2N4S. The Morgan fingerprint density at radius 3 is 2.75 bits per heavy atom. The summed E-state index contributed by atoms with van der Waals surface area (Å²) in [5, 5.41) is 2.26. The first-order valence-corrected chi connectivity index (χ1v) is 10.1. The summed E-state index contributed by atoms with van der Waals surface area (Å²) in [5.74, 6) is 0.277. The molecule has 3 N–H and O–H groups in total. The molecule has 0 saturated heterocycles. The van der Waals surface area contributed by atoms with Gasteiger partial charge in [-0.25, -0.2) is 9.97 Å². The molecule has 28 heavy (non-hydrogen) atoms. The fourth-order valence-electron chi connectivity index (χ4n) is 2.94. The Morgan fingerprint density at radius 2 is 1.89 bits per heavy atom. The van der Waals surface area contributed by atoms with Crippen LogP contribution in [0.15, 0.2) is 65.7 Å². The first-order valence-electron chi connectivity index (χ1n) is 8.51. The van der Waals surface area contributed by atoms with Gasteiger partial charge in [0.15, 0.2) is 0 Å². The van der Waals surface area contributed by atoms with Crippen molar-refractivity contribution in [2.75, 3.05) is 10.5 Å². The normalized spacial score (nSPS) is 11.0. The fraction of sp³-hybridized carbons (Fsp3) is 0.0476. The average Bonchev–Trinajstić information content (AvgIpc) is 2.69. The summed E-state index contributed by atoms with van der Waals surface area (Å²) in [6.07, 6.45) is 1.75. The molecule has 1 aromatic heterocycles. The molecule has 0 atom stereocenters. The van der Waals surface area contributed by atoms with Crippen LogP contribution in [-0.4, -0.2) is 9.97 Å². The van der Waals surface area contributed by atoms with Crippen molar-refractivity contribution < 1.29 is 0 Å². The van der Waals surface area contributed by atoms with Gasteiger partial charge < -0.3 is 10.5 Å². The average molecular weight is 427 g/mol. The Hall–Kier alpha value is -2.47. The summed E-state index contributed by atoms with van der Waals surface area (Å²) in [6.45, 7) is 2.08. The highest BCUT2D eigenvalue weighted by atomic mass is 35.5. The maximum Gasteiger partial charge on any atom is 0.220 e. The monoisotopic (exact) mass is 426 g/mol. The summed E-state index contributed by atoms with van der Waals surface area (Å²) >= 11 is 13.8. The molecule has 1 heterocycles. The topological polar surface area (TPSA) is 63.8 Å². The quantitative estimate of drug-likeness (QED) is 0.359. The number of nitrogens with zero attached hydrogens (tertiary/aromatic N) is 2. The van der Waals surface area contributed by atoms with Gasteiger partial charge in [-0.2, -0.15) is 0 Å². The Labute approximate surface area is 177 Å². The minimum Gasteiger partial charge on any atom is -0.368 e. The molecule has 0 saturated carbocycles. The van der Waals surface area contributed by atoms with Crippen LogP contribution in [0.3, 0.4) is 0 Å². The summed E-state index contributed by atoms with van der Waals surface area (Å²) in [4.78, 5) is 9.22. The third-order valence-corrected chi connectivity index (χ3v) is 5.96. The second-order valence-electron chi connectivity index (χ2n) is 6.26. The zero-order valence-electron chi connectivity index (χ0n) is 14.9. The minimum atomic E-state index is 0.277. The number of nitrogen functional groups attached to an aromatic ring is 1. The zero-order chi connectivity index (χ0) is 19.7. The van der Waals surface area contributed by atoms with E-state index in [-0.39, 0.29) is 5.95 Å². The number of hydrogen-bond donors (Lipinski definition) is 2. The van der Waals surface area contributed by atoms with Crippen LogP contribution in [0.1, 0.15) is 5.56 Å². The van der Waals surface area contributed by atoms with E-state index >= 15 is 0 Å². The number of nitrogens with one attached hydrogen (secondary N) is 1. The lowest BCUT2D eigenvalue weighted by Gasteiger charge is -2.14. The third-order valence-electron chi connectivity index (χ3n) is 4.41. The van der Waals surface area contributed by atoms with Gasteiger partial charge in [-0.15, -0.1) is 0 Å². The van der Waals surface area contributed by atoms with Crippen LogP contribution in [0.5, 0.6) is 0 Å². The van der Waals surface area contributed by atoms with Crippen molar-refractivity contribution >= 4 is 57.7 Å². The van der Waals surface area contributed by atoms with Crippen LogP contribution in [0, 0.1) is 6.92 Å². The molecule has 3 aromatic carbocycles. The maximum absolute atomic E-state index is 6.26. The molecule has 140 valence electrons. The number of hydrogen-bond acceptors (Lipinski definition) is 5. The number of anilines is 2. The van der Waals surface area contributed by atoms with Gasteiger partial charge >= 0.3 is 0 Å². The van der Waals surface area contributed by atoms with E-state index in [1.165, 1.54) is 11.9 Å². The number of aromatic nitrogens is 2. The molecule has 0 bridgehead atoms. The minimum absolute atomic E-state index is 0.277. The molecule has 4 nitrogen and oxygen atoms in total. The summed E-state index contributed by atoms with van der Waals surface area (Å²) in [6, 6.07) is 17.6. The van der Waals surface area contributed by atoms with E-state index in [0.29, 0.717) is 10.0 Å². The van der Waals surface area contributed by atoms with Crippen LogP contribution in [-0.2, 0) is 0 Å². The van der Waals surface area contributed by atoms with E-state index < -0.39 is 0 Å². The number of fused-ring (bicyclic) bond motifs is 1. The van der Waals surface area contributed by atoms with E-state index in [1.54, 1.807) is 18.3 Å². The molecule has 0 fully saturated rings. The molecule has 0 amide bonds. The molecule has 4 rings (SSSR count). The molecule has 7 heteroatoms. The number of rotatable bonds is 4. The van der Waals surface area contributed by atoms with Crippen LogP contribution >= 0.6 is 35.1 Å². The van der Waals surface area contributed by atoms with Crippen LogP contribution in [0.2, 0.25) is 10.0 Å². The second-order valence-corrected chi connectivity index (χ2v) is 7.95. The van der Waals surface area contributed by atoms with Crippen molar-refractivity contribution in [3.8, 4) is 11.1 Å². The first kappa shape index (κ1) is 18.9.